The lowest BCUT2D eigenvalue weighted by molar-refractivity contribution is 0.0783. The van der Waals surface area contributed by atoms with Crippen molar-refractivity contribution in [2.75, 3.05) is 7.05 Å². The summed E-state index contributed by atoms with van der Waals surface area (Å²) in [6.07, 6.45) is 1.45. The molecule has 4 nitrogen and oxygen atoms in total. The Kier molecular flexibility index (Phi) is 5.63. The molecule has 0 spiro atoms. The SMILES string of the molecule is CN(Cc1ccccc1F)C(=O)c1ccc(Oc2ccc(Br)cc2)nc1. The molecule has 3 rings (SSSR count). The Morgan fingerprint density at radius 2 is 1.85 bits per heavy atom. The fourth-order valence-electron chi connectivity index (χ4n) is 2.36. The summed E-state index contributed by atoms with van der Waals surface area (Å²) in [5.41, 5.74) is 0.874. The first kappa shape index (κ1) is 18.1. The lowest BCUT2D eigenvalue weighted by Gasteiger charge is -2.17. The summed E-state index contributed by atoms with van der Waals surface area (Å²) >= 11 is 3.36. The van der Waals surface area contributed by atoms with Crippen molar-refractivity contribution in [2.24, 2.45) is 0 Å². The summed E-state index contributed by atoms with van der Waals surface area (Å²) < 4.78 is 20.3. The van der Waals surface area contributed by atoms with Gasteiger partial charge in [0.05, 0.1) is 5.56 Å². The maximum Gasteiger partial charge on any atom is 0.255 e. The van der Waals surface area contributed by atoms with E-state index in [2.05, 4.69) is 20.9 Å². The molecule has 3 aromatic rings. The van der Waals surface area contributed by atoms with Crippen LogP contribution in [-0.2, 0) is 6.54 Å². The second-order valence-corrected chi connectivity index (χ2v) is 6.61. The number of benzene rings is 2. The maximum absolute atomic E-state index is 13.7. The van der Waals surface area contributed by atoms with Gasteiger partial charge in [0.25, 0.3) is 5.91 Å². The Labute approximate surface area is 159 Å². The van der Waals surface area contributed by atoms with E-state index in [-0.39, 0.29) is 18.3 Å². The number of pyridine rings is 1. The molecule has 6 heteroatoms. The zero-order valence-corrected chi connectivity index (χ0v) is 15.6. The predicted octanol–water partition coefficient (Wildman–Crippen LogP) is 5.05. The molecule has 0 fully saturated rings. The van der Waals surface area contributed by atoms with Crippen LogP contribution in [0.5, 0.6) is 11.6 Å². The number of ether oxygens (including phenoxy) is 1. The van der Waals surface area contributed by atoms with Gasteiger partial charge in [-0.1, -0.05) is 34.1 Å². The first-order chi connectivity index (χ1) is 12.5. The number of aromatic nitrogens is 1. The standard InChI is InChI=1S/C20H16BrFN2O2/c1-24(13-15-4-2-3-5-18(15)22)20(25)14-6-11-19(23-12-14)26-17-9-7-16(21)8-10-17/h2-12H,13H2,1H3. The summed E-state index contributed by atoms with van der Waals surface area (Å²) in [4.78, 5) is 18.1. The summed E-state index contributed by atoms with van der Waals surface area (Å²) in [6, 6.07) is 17.0. The van der Waals surface area contributed by atoms with Crippen molar-refractivity contribution in [1.82, 2.24) is 9.88 Å². The highest BCUT2D eigenvalue weighted by molar-refractivity contribution is 9.10. The van der Waals surface area contributed by atoms with E-state index in [9.17, 15) is 9.18 Å². The van der Waals surface area contributed by atoms with Gasteiger partial charge < -0.3 is 9.64 Å². The van der Waals surface area contributed by atoms with E-state index >= 15 is 0 Å². The Bertz CT molecular complexity index is 898. The number of carbonyl (C=O) groups is 1. The van der Waals surface area contributed by atoms with E-state index in [0.717, 1.165) is 4.47 Å². The molecule has 26 heavy (non-hydrogen) atoms. The third-order valence-corrected chi connectivity index (χ3v) is 4.26. The van der Waals surface area contributed by atoms with Crippen LogP contribution >= 0.6 is 15.9 Å². The van der Waals surface area contributed by atoms with Crippen molar-refractivity contribution in [3.63, 3.8) is 0 Å². The van der Waals surface area contributed by atoms with Gasteiger partial charge in [-0.3, -0.25) is 4.79 Å². The van der Waals surface area contributed by atoms with Crippen molar-refractivity contribution in [3.8, 4) is 11.6 Å². The van der Waals surface area contributed by atoms with Gasteiger partial charge in [-0.05, 0) is 36.4 Å². The fourth-order valence-corrected chi connectivity index (χ4v) is 2.63. The van der Waals surface area contributed by atoms with Crippen LogP contribution in [0.25, 0.3) is 0 Å². The molecule has 0 saturated carbocycles. The van der Waals surface area contributed by atoms with Crippen LogP contribution in [0.3, 0.4) is 0 Å². The number of nitrogens with zero attached hydrogens (tertiary/aromatic N) is 2. The normalized spacial score (nSPS) is 10.4. The molecule has 0 radical (unpaired) electrons. The second-order valence-electron chi connectivity index (χ2n) is 5.69. The molecular weight excluding hydrogens is 399 g/mol. The Balaban J connectivity index is 1.66. The zero-order chi connectivity index (χ0) is 18.5. The van der Waals surface area contributed by atoms with Gasteiger partial charge in [-0.2, -0.15) is 0 Å². The van der Waals surface area contributed by atoms with Gasteiger partial charge in [-0.25, -0.2) is 9.37 Å². The molecule has 132 valence electrons. The molecule has 0 aliphatic heterocycles. The number of amides is 1. The number of hydrogen-bond acceptors (Lipinski definition) is 3. The number of carbonyl (C=O) groups excluding carboxylic acids is 1. The molecule has 0 unspecified atom stereocenters. The van der Waals surface area contributed by atoms with Crippen molar-refractivity contribution < 1.29 is 13.9 Å². The van der Waals surface area contributed by atoms with Crippen LogP contribution < -0.4 is 4.74 Å². The summed E-state index contributed by atoms with van der Waals surface area (Å²) in [5.74, 6) is 0.469. The minimum Gasteiger partial charge on any atom is -0.439 e. The van der Waals surface area contributed by atoms with Gasteiger partial charge in [-0.15, -0.1) is 0 Å². The monoisotopic (exact) mass is 414 g/mol. The lowest BCUT2D eigenvalue weighted by Crippen LogP contribution is -2.26. The average Bonchev–Trinajstić information content (AvgIpc) is 2.65. The summed E-state index contributed by atoms with van der Waals surface area (Å²) in [5, 5.41) is 0. The van der Waals surface area contributed by atoms with Gasteiger partial charge in [0, 0.05) is 35.9 Å². The smallest absolute Gasteiger partial charge is 0.255 e. The van der Waals surface area contributed by atoms with E-state index in [4.69, 9.17) is 4.74 Å². The second kappa shape index (κ2) is 8.10. The van der Waals surface area contributed by atoms with Crippen LogP contribution in [0.2, 0.25) is 0 Å². The fraction of sp³-hybridized carbons (Fsp3) is 0.100. The average molecular weight is 415 g/mol. The van der Waals surface area contributed by atoms with Crippen LogP contribution in [0.1, 0.15) is 15.9 Å². The quantitative estimate of drug-likeness (QED) is 0.586. The van der Waals surface area contributed by atoms with Crippen LogP contribution in [0.4, 0.5) is 4.39 Å². The molecular formula is C20H16BrFN2O2. The molecule has 0 atom stereocenters. The highest BCUT2D eigenvalue weighted by Crippen LogP contribution is 2.22. The molecule has 2 aromatic carbocycles. The molecule has 0 N–H and O–H groups in total. The topological polar surface area (TPSA) is 42.4 Å². The minimum atomic E-state index is -0.330. The zero-order valence-electron chi connectivity index (χ0n) is 14.0. The highest BCUT2D eigenvalue weighted by Gasteiger charge is 2.14. The van der Waals surface area contributed by atoms with Crippen molar-refractivity contribution in [2.45, 2.75) is 6.54 Å². The van der Waals surface area contributed by atoms with Crippen LogP contribution in [-0.4, -0.2) is 22.8 Å². The Hall–Kier alpha value is -2.73. The maximum atomic E-state index is 13.7. The minimum absolute atomic E-state index is 0.183. The highest BCUT2D eigenvalue weighted by atomic mass is 79.9. The number of rotatable bonds is 5. The molecule has 0 saturated heterocycles. The molecule has 0 aliphatic carbocycles. The van der Waals surface area contributed by atoms with Crippen molar-refractivity contribution >= 4 is 21.8 Å². The van der Waals surface area contributed by atoms with E-state index < -0.39 is 0 Å². The van der Waals surface area contributed by atoms with Crippen LogP contribution in [0.15, 0.2) is 71.3 Å². The van der Waals surface area contributed by atoms with Gasteiger partial charge >= 0.3 is 0 Å². The van der Waals surface area contributed by atoms with E-state index in [0.29, 0.717) is 22.8 Å². The van der Waals surface area contributed by atoms with Gasteiger partial charge in [0.15, 0.2) is 0 Å². The summed E-state index contributed by atoms with van der Waals surface area (Å²) in [7, 11) is 1.63. The first-order valence-corrected chi connectivity index (χ1v) is 8.70. The Morgan fingerprint density at radius 1 is 1.12 bits per heavy atom. The van der Waals surface area contributed by atoms with Crippen molar-refractivity contribution in [1.29, 1.82) is 0 Å². The lowest BCUT2D eigenvalue weighted by atomic mass is 10.2. The van der Waals surface area contributed by atoms with Crippen LogP contribution in [0, 0.1) is 5.82 Å². The predicted molar refractivity (Wildman–Crippen MR) is 101 cm³/mol. The molecule has 0 bridgehead atoms. The molecule has 1 aromatic heterocycles. The molecule has 0 aliphatic rings. The van der Waals surface area contributed by atoms with E-state index in [1.807, 2.05) is 24.3 Å². The largest absolute Gasteiger partial charge is 0.439 e. The summed E-state index contributed by atoms with van der Waals surface area (Å²) in [6.45, 7) is 0.183. The van der Waals surface area contributed by atoms with E-state index in [1.54, 1.807) is 37.4 Å². The third-order valence-electron chi connectivity index (χ3n) is 3.73. The number of hydrogen-bond donors (Lipinski definition) is 0. The van der Waals surface area contributed by atoms with Gasteiger partial charge in [0.2, 0.25) is 5.88 Å². The molecule has 1 amide bonds. The first-order valence-electron chi connectivity index (χ1n) is 7.91. The van der Waals surface area contributed by atoms with Gasteiger partial charge in [0.1, 0.15) is 11.6 Å². The van der Waals surface area contributed by atoms with E-state index in [1.165, 1.54) is 17.2 Å². The Morgan fingerprint density at radius 3 is 2.50 bits per heavy atom. The third kappa shape index (κ3) is 4.46. The van der Waals surface area contributed by atoms with Crippen molar-refractivity contribution in [3.05, 3.63) is 88.3 Å². The molecule has 1 heterocycles. The number of halogens is 2.